The topological polar surface area (TPSA) is 98.9 Å². The second kappa shape index (κ2) is 6.67. The third-order valence-electron chi connectivity index (χ3n) is 2.62. The summed E-state index contributed by atoms with van der Waals surface area (Å²) in [6, 6.07) is 4.71. The van der Waals surface area contributed by atoms with Crippen LogP contribution in [-0.4, -0.2) is 36.1 Å². The van der Waals surface area contributed by atoms with Crippen molar-refractivity contribution < 1.29 is 24.3 Å². The third kappa shape index (κ3) is 3.55. The van der Waals surface area contributed by atoms with Crippen molar-refractivity contribution in [1.82, 2.24) is 0 Å². The summed E-state index contributed by atoms with van der Waals surface area (Å²) in [6.07, 6.45) is -0.700. The van der Waals surface area contributed by atoms with Crippen molar-refractivity contribution >= 4 is 11.9 Å². The van der Waals surface area contributed by atoms with Crippen LogP contribution in [0.25, 0.3) is 6.08 Å². The van der Waals surface area contributed by atoms with Gasteiger partial charge in [-0.1, -0.05) is 0 Å². The van der Waals surface area contributed by atoms with Gasteiger partial charge in [-0.3, -0.25) is 14.9 Å². The Hall–Kier alpha value is -2.41. The number of hydrogen-bond donors (Lipinski definition) is 1. The molecule has 1 aromatic rings. The van der Waals surface area contributed by atoms with Crippen LogP contribution in [0.5, 0.6) is 11.5 Å². The Morgan fingerprint density at radius 2 is 2.05 bits per heavy atom. The zero-order valence-electron chi connectivity index (χ0n) is 11.3. The molecule has 1 N–H and O–H groups in total. The zero-order valence-corrected chi connectivity index (χ0v) is 11.3. The number of rotatable bonds is 6. The third-order valence-corrected chi connectivity index (χ3v) is 2.62. The lowest BCUT2D eigenvalue weighted by molar-refractivity contribution is -0.432. The van der Waals surface area contributed by atoms with Gasteiger partial charge < -0.3 is 14.6 Å². The lowest BCUT2D eigenvalue weighted by Crippen LogP contribution is -2.24. The van der Waals surface area contributed by atoms with Gasteiger partial charge in [0.25, 0.3) is 5.70 Å². The summed E-state index contributed by atoms with van der Waals surface area (Å²) < 4.78 is 10.1. The van der Waals surface area contributed by atoms with Gasteiger partial charge in [0, 0.05) is 11.6 Å². The predicted molar refractivity (Wildman–Crippen MR) is 71.2 cm³/mol. The molecule has 1 atom stereocenters. The summed E-state index contributed by atoms with van der Waals surface area (Å²) >= 11 is 0. The molecule has 0 aliphatic carbocycles. The van der Waals surface area contributed by atoms with E-state index >= 15 is 0 Å². The van der Waals surface area contributed by atoms with Crippen LogP contribution in [0, 0.1) is 10.1 Å². The molecule has 7 nitrogen and oxygen atoms in total. The summed E-state index contributed by atoms with van der Waals surface area (Å²) in [5.41, 5.74) is -0.289. The number of aliphatic hydroxyl groups excluding tert-OH is 1. The van der Waals surface area contributed by atoms with Crippen molar-refractivity contribution in [2.45, 2.75) is 13.0 Å². The Labute approximate surface area is 115 Å². The first-order chi connectivity index (χ1) is 9.40. The molecule has 0 heterocycles. The highest BCUT2D eigenvalue weighted by molar-refractivity contribution is 5.84. The average Bonchev–Trinajstić information content (AvgIpc) is 2.43. The SMILES string of the molecule is COc1ccc(OC)c(/C=C(/C(O)C(C)=O)[N+](=O)[O-])c1. The van der Waals surface area contributed by atoms with Crippen LogP contribution in [-0.2, 0) is 4.79 Å². The van der Waals surface area contributed by atoms with Crippen molar-refractivity contribution in [3.05, 3.63) is 39.6 Å². The molecule has 0 aromatic heterocycles. The van der Waals surface area contributed by atoms with Gasteiger partial charge in [-0.15, -0.1) is 0 Å². The van der Waals surface area contributed by atoms with Crippen LogP contribution in [0.1, 0.15) is 12.5 Å². The molecule has 1 unspecified atom stereocenters. The fourth-order valence-electron chi connectivity index (χ4n) is 1.55. The summed E-state index contributed by atoms with van der Waals surface area (Å²) in [5.74, 6) is 0.118. The van der Waals surface area contributed by atoms with Gasteiger partial charge >= 0.3 is 0 Å². The molecule has 0 saturated heterocycles. The lowest BCUT2D eigenvalue weighted by Gasteiger charge is -2.09. The van der Waals surface area contributed by atoms with Gasteiger partial charge in [0.2, 0.25) is 6.10 Å². The van der Waals surface area contributed by atoms with Crippen LogP contribution < -0.4 is 9.47 Å². The van der Waals surface area contributed by atoms with Crippen LogP contribution >= 0.6 is 0 Å². The maximum Gasteiger partial charge on any atom is 0.282 e. The van der Waals surface area contributed by atoms with E-state index in [9.17, 15) is 20.0 Å². The molecule has 7 heteroatoms. The number of nitro groups is 1. The lowest BCUT2D eigenvalue weighted by atomic mass is 10.1. The minimum absolute atomic E-state index is 0.332. The number of Topliss-reactive ketones (excluding diaryl/α,β-unsaturated/α-hetero) is 1. The summed E-state index contributed by atoms with van der Waals surface area (Å²) in [7, 11) is 2.86. The molecule has 0 fully saturated rings. The number of nitrogens with zero attached hydrogens (tertiary/aromatic N) is 1. The van der Waals surface area contributed by atoms with E-state index in [1.165, 1.54) is 20.3 Å². The van der Waals surface area contributed by atoms with E-state index in [2.05, 4.69) is 0 Å². The van der Waals surface area contributed by atoms with Crippen molar-refractivity contribution in [1.29, 1.82) is 0 Å². The molecule has 108 valence electrons. The van der Waals surface area contributed by atoms with Gasteiger partial charge in [0.15, 0.2) is 5.78 Å². The van der Waals surface area contributed by atoms with Crippen LogP contribution in [0.3, 0.4) is 0 Å². The Balaban J connectivity index is 3.36. The average molecular weight is 281 g/mol. The highest BCUT2D eigenvalue weighted by Gasteiger charge is 2.27. The van der Waals surface area contributed by atoms with E-state index in [-0.39, 0.29) is 0 Å². The van der Waals surface area contributed by atoms with Crippen molar-refractivity contribution in [3.63, 3.8) is 0 Å². The largest absolute Gasteiger partial charge is 0.497 e. The molecule has 0 aliphatic rings. The Kier molecular flexibility index (Phi) is 5.22. The van der Waals surface area contributed by atoms with Gasteiger partial charge in [0.1, 0.15) is 11.5 Å². The molecule has 20 heavy (non-hydrogen) atoms. The number of carbonyl (C=O) groups is 1. The number of benzene rings is 1. The minimum Gasteiger partial charge on any atom is -0.497 e. The zero-order chi connectivity index (χ0) is 15.3. The number of aliphatic hydroxyl groups is 1. The molecule has 0 aliphatic heterocycles. The first kappa shape index (κ1) is 15.6. The molecular weight excluding hydrogens is 266 g/mol. The standard InChI is InChI=1S/C13H15NO6/c1-8(15)13(16)11(14(17)18)7-9-6-10(19-2)4-5-12(9)20-3/h4-7,13,16H,1-3H3/b11-7-. The number of carbonyl (C=O) groups excluding carboxylic acids is 1. The Morgan fingerprint density at radius 1 is 1.40 bits per heavy atom. The van der Waals surface area contributed by atoms with E-state index in [0.717, 1.165) is 13.0 Å². The molecule has 0 spiro atoms. The quantitative estimate of drug-likeness (QED) is 0.622. The van der Waals surface area contributed by atoms with E-state index < -0.39 is 22.5 Å². The molecule has 0 radical (unpaired) electrons. The van der Waals surface area contributed by atoms with Crippen LogP contribution in [0.2, 0.25) is 0 Å². The van der Waals surface area contributed by atoms with Gasteiger partial charge in [-0.25, -0.2) is 0 Å². The van der Waals surface area contributed by atoms with E-state index in [1.807, 2.05) is 0 Å². The maximum atomic E-state index is 11.1. The summed E-state index contributed by atoms with van der Waals surface area (Å²) in [4.78, 5) is 21.3. The predicted octanol–water partition coefficient (Wildman–Crippen LogP) is 1.27. The summed E-state index contributed by atoms with van der Waals surface area (Å²) in [5, 5.41) is 20.5. The van der Waals surface area contributed by atoms with Crippen molar-refractivity contribution in [2.24, 2.45) is 0 Å². The first-order valence-electron chi connectivity index (χ1n) is 5.67. The minimum atomic E-state index is -1.79. The van der Waals surface area contributed by atoms with Gasteiger partial charge in [0.05, 0.1) is 19.1 Å². The smallest absolute Gasteiger partial charge is 0.282 e. The highest BCUT2D eigenvalue weighted by Crippen LogP contribution is 2.26. The molecule has 1 aromatic carbocycles. The first-order valence-corrected chi connectivity index (χ1v) is 5.67. The fourth-order valence-corrected chi connectivity index (χ4v) is 1.55. The summed E-state index contributed by atoms with van der Waals surface area (Å²) in [6.45, 7) is 1.07. The van der Waals surface area contributed by atoms with Crippen LogP contribution in [0.15, 0.2) is 23.9 Å². The molecular formula is C13H15NO6. The highest BCUT2D eigenvalue weighted by atomic mass is 16.6. The van der Waals surface area contributed by atoms with Crippen LogP contribution in [0.4, 0.5) is 0 Å². The normalized spacial score (nSPS) is 12.7. The number of ether oxygens (including phenoxy) is 2. The van der Waals surface area contributed by atoms with Gasteiger partial charge in [-0.05, 0) is 25.1 Å². The molecule has 0 saturated carbocycles. The van der Waals surface area contributed by atoms with Gasteiger partial charge in [-0.2, -0.15) is 0 Å². The van der Waals surface area contributed by atoms with E-state index in [1.54, 1.807) is 12.1 Å². The Bertz CT molecular complexity index is 552. The molecule has 0 amide bonds. The van der Waals surface area contributed by atoms with E-state index in [4.69, 9.17) is 9.47 Å². The monoisotopic (exact) mass is 281 g/mol. The molecule has 0 bridgehead atoms. The second-order valence-electron chi connectivity index (χ2n) is 3.95. The number of hydrogen-bond acceptors (Lipinski definition) is 6. The second-order valence-corrected chi connectivity index (χ2v) is 3.95. The Morgan fingerprint density at radius 3 is 2.50 bits per heavy atom. The number of methoxy groups -OCH3 is 2. The number of ketones is 1. The molecule has 1 rings (SSSR count). The maximum absolute atomic E-state index is 11.1. The van der Waals surface area contributed by atoms with E-state index in [0.29, 0.717) is 17.1 Å². The fraction of sp³-hybridized carbons (Fsp3) is 0.308. The van der Waals surface area contributed by atoms with Crippen molar-refractivity contribution in [2.75, 3.05) is 14.2 Å². The van der Waals surface area contributed by atoms with Crippen molar-refractivity contribution in [3.8, 4) is 11.5 Å².